The largest absolute Gasteiger partial charge is 0.480 e. The zero-order valence-electron chi connectivity index (χ0n) is 10.7. The van der Waals surface area contributed by atoms with Crippen molar-refractivity contribution in [3.05, 3.63) is 11.9 Å². The molecule has 0 radical (unpaired) electrons. The predicted octanol–water partition coefficient (Wildman–Crippen LogP) is 0.496. The molecule has 0 aliphatic heterocycles. The second-order valence-electron chi connectivity index (χ2n) is 5.12. The van der Waals surface area contributed by atoms with Gasteiger partial charge in [0.15, 0.2) is 0 Å². The Labute approximate surface area is 106 Å². The van der Waals surface area contributed by atoms with Gasteiger partial charge in [-0.2, -0.15) is 9.82 Å². The molecule has 7 nitrogen and oxygen atoms in total. The van der Waals surface area contributed by atoms with Crippen LogP contribution in [0.5, 0.6) is 0 Å². The molecule has 18 heavy (non-hydrogen) atoms. The van der Waals surface area contributed by atoms with Crippen LogP contribution in [0, 0.1) is 12.3 Å². The second-order valence-corrected chi connectivity index (χ2v) is 6.80. The van der Waals surface area contributed by atoms with Crippen LogP contribution in [0.1, 0.15) is 26.5 Å². The lowest BCUT2D eigenvalue weighted by Gasteiger charge is -2.27. The van der Waals surface area contributed by atoms with Gasteiger partial charge in [-0.05, 0) is 12.3 Å². The summed E-state index contributed by atoms with van der Waals surface area (Å²) in [5, 5.41) is 15.2. The zero-order chi connectivity index (χ0) is 14.1. The number of hydrogen-bond donors (Lipinski definition) is 3. The summed E-state index contributed by atoms with van der Waals surface area (Å²) in [5.41, 5.74) is -0.378. The quantitative estimate of drug-likeness (QED) is 0.740. The van der Waals surface area contributed by atoms with E-state index in [9.17, 15) is 13.2 Å². The van der Waals surface area contributed by atoms with Gasteiger partial charge < -0.3 is 5.11 Å². The van der Waals surface area contributed by atoms with Gasteiger partial charge in [0.25, 0.3) is 0 Å². The molecule has 1 heterocycles. The van der Waals surface area contributed by atoms with Gasteiger partial charge in [0.05, 0.1) is 11.9 Å². The molecule has 0 saturated heterocycles. The summed E-state index contributed by atoms with van der Waals surface area (Å²) in [6.45, 7) is 6.50. The second kappa shape index (κ2) is 4.69. The van der Waals surface area contributed by atoms with Gasteiger partial charge in [-0.15, -0.1) is 0 Å². The van der Waals surface area contributed by atoms with Crippen molar-refractivity contribution >= 4 is 16.0 Å². The minimum Gasteiger partial charge on any atom is -0.480 e. The van der Waals surface area contributed by atoms with E-state index < -0.39 is 27.4 Å². The lowest BCUT2D eigenvalue weighted by molar-refractivity contribution is -0.141. The molecule has 8 heteroatoms. The highest BCUT2D eigenvalue weighted by atomic mass is 32.2. The number of nitrogens with one attached hydrogen (secondary N) is 2. The van der Waals surface area contributed by atoms with Gasteiger partial charge in [0.2, 0.25) is 10.0 Å². The van der Waals surface area contributed by atoms with Crippen molar-refractivity contribution in [1.29, 1.82) is 0 Å². The molecule has 102 valence electrons. The number of nitrogens with zero attached hydrogens (tertiary/aromatic N) is 1. The molecule has 3 N–H and O–H groups in total. The minimum atomic E-state index is -3.90. The molecule has 1 aromatic heterocycles. The number of hydrogen-bond acceptors (Lipinski definition) is 4. The molecule has 1 aromatic rings. The first-order valence-corrected chi connectivity index (χ1v) is 6.79. The third-order valence-corrected chi connectivity index (χ3v) is 4.00. The summed E-state index contributed by atoms with van der Waals surface area (Å²) in [7, 11) is -3.90. The Hall–Kier alpha value is -1.41. The van der Waals surface area contributed by atoms with Gasteiger partial charge in [-0.1, -0.05) is 20.8 Å². The maximum atomic E-state index is 12.0. The van der Waals surface area contributed by atoms with Crippen LogP contribution in [0.2, 0.25) is 0 Å². The molecule has 1 rings (SSSR count). The van der Waals surface area contributed by atoms with Crippen molar-refractivity contribution in [1.82, 2.24) is 14.9 Å². The van der Waals surface area contributed by atoms with Crippen molar-refractivity contribution in [2.24, 2.45) is 5.41 Å². The van der Waals surface area contributed by atoms with Gasteiger partial charge in [-0.3, -0.25) is 9.89 Å². The van der Waals surface area contributed by atoms with E-state index in [1.165, 1.54) is 0 Å². The Bertz CT molecular complexity index is 542. The Morgan fingerprint density at radius 2 is 2.06 bits per heavy atom. The molecule has 0 aliphatic rings. The van der Waals surface area contributed by atoms with E-state index in [0.717, 1.165) is 6.20 Å². The Kier molecular flexibility index (Phi) is 3.82. The molecule has 0 bridgehead atoms. The number of aryl methyl sites for hydroxylation is 1. The highest BCUT2D eigenvalue weighted by Crippen LogP contribution is 2.22. The summed E-state index contributed by atoms with van der Waals surface area (Å²) in [5.74, 6) is -1.22. The van der Waals surface area contributed by atoms with E-state index in [2.05, 4.69) is 14.9 Å². The number of aliphatic carboxylic acids is 1. The fourth-order valence-corrected chi connectivity index (χ4v) is 2.96. The van der Waals surface area contributed by atoms with Crippen LogP contribution in [0.25, 0.3) is 0 Å². The number of carboxylic acids is 1. The minimum absolute atomic E-state index is 0.0435. The predicted molar refractivity (Wildman–Crippen MR) is 64.5 cm³/mol. The number of sulfonamides is 1. The fourth-order valence-electron chi connectivity index (χ4n) is 1.43. The normalized spacial score (nSPS) is 14.4. The molecule has 0 unspecified atom stereocenters. The topological polar surface area (TPSA) is 112 Å². The number of carboxylic acid groups (broad SMARTS) is 1. The molecule has 0 spiro atoms. The summed E-state index contributed by atoms with van der Waals surface area (Å²) in [4.78, 5) is 11.1. The zero-order valence-corrected chi connectivity index (χ0v) is 11.5. The van der Waals surface area contributed by atoms with E-state index >= 15 is 0 Å². The van der Waals surface area contributed by atoms with Crippen LogP contribution < -0.4 is 4.72 Å². The van der Waals surface area contributed by atoms with Crippen molar-refractivity contribution in [3.63, 3.8) is 0 Å². The fraction of sp³-hybridized carbons (Fsp3) is 0.600. The van der Waals surface area contributed by atoms with E-state index in [1.807, 2.05) is 0 Å². The standard InChI is InChI=1S/C10H17N3O4S/c1-6-7(5-11-12-6)18(16,17)13-8(9(14)15)10(2,3)4/h5,8,13H,1-4H3,(H,11,12)(H,14,15)/t8-/m1/s1. The summed E-state index contributed by atoms with van der Waals surface area (Å²) in [6, 6.07) is -1.21. The highest BCUT2D eigenvalue weighted by molar-refractivity contribution is 7.89. The van der Waals surface area contributed by atoms with Crippen molar-refractivity contribution < 1.29 is 18.3 Å². The van der Waals surface area contributed by atoms with Gasteiger partial charge in [0, 0.05) is 0 Å². The monoisotopic (exact) mass is 275 g/mol. The lowest BCUT2D eigenvalue weighted by atomic mass is 9.88. The number of rotatable bonds is 4. The van der Waals surface area contributed by atoms with E-state index in [4.69, 9.17) is 5.11 Å². The van der Waals surface area contributed by atoms with Crippen LogP contribution in [0.15, 0.2) is 11.1 Å². The van der Waals surface area contributed by atoms with E-state index in [-0.39, 0.29) is 4.90 Å². The summed E-state index contributed by atoms with van der Waals surface area (Å²) < 4.78 is 26.3. The average molecular weight is 275 g/mol. The van der Waals surface area contributed by atoms with Gasteiger partial charge in [-0.25, -0.2) is 8.42 Å². The Balaban J connectivity index is 3.09. The average Bonchev–Trinajstić information content (AvgIpc) is 2.59. The number of H-pyrrole nitrogens is 1. The Morgan fingerprint density at radius 3 is 2.39 bits per heavy atom. The molecular weight excluding hydrogens is 258 g/mol. The van der Waals surface area contributed by atoms with Crippen LogP contribution in [0.3, 0.4) is 0 Å². The summed E-state index contributed by atoms with van der Waals surface area (Å²) >= 11 is 0. The van der Waals surface area contributed by atoms with Crippen molar-refractivity contribution in [2.75, 3.05) is 0 Å². The maximum absolute atomic E-state index is 12.0. The maximum Gasteiger partial charge on any atom is 0.322 e. The Morgan fingerprint density at radius 1 is 1.50 bits per heavy atom. The number of aromatic nitrogens is 2. The van der Waals surface area contributed by atoms with Gasteiger partial charge in [0.1, 0.15) is 10.9 Å². The summed E-state index contributed by atoms with van der Waals surface area (Å²) in [6.07, 6.45) is 1.15. The van der Waals surface area contributed by atoms with Crippen LogP contribution in [-0.2, 0) is 14.8 Å². The van der Waals surface area contributed by atoms with Crippen molar-refractivity contribution in [3.8, 4) is 0 Å². The first-order chi connectivity index (χ1) is 8.05. The SMILES string of the molecule is Cc1[nH]ncc1S(=O)(=O)N[C@H](C(=O)O)C(C)(C)C. The molecule has 0 saturated carbocycles. The lowest BCUT2D eigenvalue weighted by Crippen LogP contribution is -2.49. The molecule has 1 atom stereocenters. The van der Waals surface area contributed by atoms with E-state index in [0.29, 0.717) is 5.69 Å². The third-order valence-electron chi connectivity index (χ3n) is 2.46. The van der Waals surface area contributed by atoms with Gasteiger partial charge >= 0.3 is 5.97 Å². The number of carbonyl (C=O) groups is 1. The first-order valence-electron chi connectivity index (χ1n) is 5.31. The third kappa shape index (κ3) is 3.08. The van der Waals surface area contributed by atoms with Crippen molar-refractivity contribution in [2.45, 2.75) is 38.6 Å². The highest BCUT2D eigenvalue weighted by Gasteiger charge is 2.36. The molecule has 0 aromatic carbocycles. The smallest absolute Gasteiger partial charge is 0.322 e. The molecule has 0 aliphatic carbocycles. The van der Waals surface area contributed by atoms with Crippen LogP contribution in [-0.4, -0.2) is 35.7 Å². The number of aromatic amines is 1. The first kappa shape index (κ1) is 14.7. The van der Waals surface area contributed by atoms with Crippen LogP contribution >= 0.6 is 0 Å². The molecule has 0 fully saturated rings. The van der Waals surface area contributed by atoms with Crippen LogP contribution in [0.4, 0.5) is 0 Å². The van der Waals surface area contributed by atoms with E-state index in [1.54, 1.807) is 27.7 Å². The molecular formula is C10H17N3O4S. The molecule has 0 amide bonds.